The molecule has 98 valence electrons. The van der Waals surface area contributed by atoms with Gasteiger partial charge < -0.3 is 10.4 Å². The monoisotopic (exact) mass is 362 g/mol. The molecule has 1 aromatic carbocycles. The van der Waals surface area contributed by atoms with Gasteiger partial charge in [0.25, 0.3) is 0 Å². The Labute approximate surface area is 119 Å². The van der Waals surface area contributed by atoms with Crippen molar-refractivity contribution in [3.05, 3.63) is 27.3 Å². The van der Waals surface area contributed by atoms with Crippen molar-refractivity contribution in [2.45, 2.75) is 19.9 Å². The van der Waals surface area contributed by atoms with E-state index in [4.69, 9.17) is 5.11 Å². The molecule has 1 aromatic rings. The van der Waals surface area contributed by atoms with Crippen molar-refractivity contribution in [1.82, 2.24) is 5.32 Å². The molecule has 5 nitrogen and oxygen atoms in total. The number of aryl methyl sites for hydroxylation is 1. The van der Waals surface area contributed by atoms with E-state index in [2.05, 4.69) is 33.2 Å². The molecule has 0 saturated heterocycles. The molecule has 0 radical (unpaired) electrons. The number of carboxylic acids is 1. The van der Waals surface area contributed by atoms with Crippen LogP contribution < -0.4 is 10.6 Å². The topological polar surface area (TPSA) is 78.4 Å². The zero-order chi connectivity index (χ0) is 13.7. The predicted molar refractivity (Wildman–Crippen MR) is 77.6 cm³/mol. The Morgan fingerprint density at radius 2 is 2.11 bits per heavy atom. The summed E-state index contributed by atoms with van der Waals surface area (Å²) in [5, 5.41) is 14.0. The second kappa shape index (κ2) is 6.69. The molecule has 6 heteroatoms. The fourth-order valence-electron chi connectivity index (χ4n) is 1.29. The van der Waals surface area contributed by atoms with Gasteiger partial charge in [0.1, 0.15) is 6.04 Å². The Morgan fingerprint density at radius 3 is 2.67 bits per heavy atom. The third kappa shape index (κ3) is 4.61. The first-order valence-electron chi connectivity index (χ1n) is 5.42. The molecule has 0 heterocycles. The van der Waals surface area contributed by atoms with Gasteiger partial charge in [-0.2, -0.15) is 0 Å². The zero-order valence-corrected chi connectivity index (χ0v) is 12.3. The number of benzene rings is 1. The maximum atomic E-state index is 11.6. The van der Waals surface area contributed by atoms with E-state index < -0.39 is 12.0 Å². The van der Waals surface area contributed by atoms with Gasteiger partial charge in [-0.05, 0) is 60.2 Å². The number of anilines is 1. The van der Waals surface area contributed by atoms with E-state index in [1.165, 1.54) is 6.92 Å². The van der Waals surface area contributed by atoms with E-state index in [-0.39, 0.29) is 12.5 Å². The minimum Gasteiger partial charge on any atom is -0.480 e. The highest BCUT2D eigenvalue weighted by Gasteiger charge is 2.12. The van der Waals surface area contributed by atoms with Crippen molar-refractivity contribution < 1.29 is 14.7 Å². The van der Waals surface area contributed by atoms with Gasteiger partial charge in [0.2, 0.25) is 5.91 Å². The van der Waals surface area contributed by atoms with E-state index in [0.29, 0.717) is 0 Å². The van der Waals surface area contributed by atoms with Crippen molar-refractivity contribution in [3.8, 4) is 0 Å². The van der Waals surface area contributed by atoms with Crippen molar-refractivity contribution in [3.63, 3.8) is 0 Å². The average Bonchev–Trinajstić information content (AvgIpc) is 2.29. The molecule has 0 aliphatic heterocycles. The van der Waals surface area contributed by atoms with E-state index in [9.17, 15) is 9.59 Å². The van der Waals surface area contributed by atoms with Crippen LogP contribution >= 0.6 is 22.6 Å². The summed E-state index contributed by atoms with van der Waals surface area (Å²) in [6.45, 7) is 3.37. The maximum absolute atomic E-state index is 11.6. The summed E-state index contributed by atoms with van der Waals surface area (Å²) in [5.74, 6) is -1.24. The maximum Gasteiger partial charge on any atom is 0.320 e. The van der Waals surface area contributed by atoms with Gasteiger partial charge in [0.05, 0.1) is 6.54 Å². The van der Waals surface area contributed by atoms with Crippen LogP contribution in [0.25, 0.3) is 0 Å². The number of rotatable bonds is 5. The second-order valence-electron chi connectivity index (χ2n) is 3.95. The molecular weight excluding hydrogens is 347 g/mol. The van der Waals surface area contributed by atoms with Gasteiger partial charge in [-0.1, -0.05) is 0 Å². The first kappa shape index (κ1) is 14.9. The molecule has 1 rings (SSSR count). The van der Waals surface area contributed by atoms with Crippen molar-refractivity contribution in [2.75, 3.05) is 11.9 Å². The highest BCUT2D eigenvalue weighted by Crippen LogP contribution is 2.17. The number of nitrogens with one attached hydrogen (secondary N) is 2. The van der Waals surface area contributed by atoms with Crippen LogP contribution in [0.1, 0.15) is 12.5 Å². The molecule has 0 bridgehead atoms. The summed E-state index contributed by atoms with van der Waals surface area (Å²) in [4.78, 5) is 22.2. The van der Waals surface area contributed by atoms with Gasteiger partial charge in [-0.15, -0.1) is 0 Å². The summed E-state index contributed by atoms with van der Waals surface area (Å²) < 4.78 is 1.10. The van der Waals surface area contributed by atoms with Gasteiger partial charge in [0.15, 0.2) is 0 Å². The standard InChI is InChI=1S/C12H15IN2O3/c1-7-5-9(13)3-4-10(7)15-11(16)6-14-8(2)12(17)18/h3-5,8,14H,6H2,1-2H3,(H,15,16)(H,17,18)/t8-/m0/s1. The van der Waals surface area contributed by atoms with Gasteiger partial charge in [0, 0.05) is 9.26 Å². The molecule has 1 atom stereocenters. The lowest BCUT2D eigenvalue weighted by atomic mass is 10.2. The largest absolute Gasteiger partial charge is 0.480 e. The highest BCUT2D eigenvalue weighted by molar-refractivity contribution is 14.1. The smallest absolute Gasteiger partial charge is 0.320 e. The Hall–Kier alpha value is -1.15. The van der Waals surface area contributed by atoms with Crippen molar-refractivity contribution in [2.24, 2.45) is 0 Å². The molecule has 0 fully saturated rings. The molecule has 0 spiro atoms. The Morgan fingerprint density at radius 1 is 1.44 bits per heavy atom. The molecule has 0 aromatic heterocycles. The first-order chi connectivity index (χ1) is 8.40. The van der Waals surface area contributed by atoms with E-state index >= 15 is 0 Å². The molecule has 3 N–H and O–H groups in total. The van der Waals surface area contributed by atoms with Crippen LogP contribution in [0, 0.1) is 10.5 Å². The fraction of sp³-hybridized carbons (Fsp3) is 0.333. The van der Waals surface area contributed by atoms with Crippen LogP contribution in [-0.4, -0.2) is 29.6 Å². The third-order valence-corrected chi connectivity index (χ3v) is 3.07. The second-order valence-corrected chi connectivity index (χ2v) is 5.19. The molecule has 0 unspecified atom stereocenters. The van der Waals surface area contributed by atoms with E-state index in [1.807, 2.05) is 25.1 Å². The number of hydrogen-bond acceptors (Lipinski definition) is 3. The predicted octanol–water partition coefficient (Wildman–Crippen LogP) is 1.60. The summed E-state index contributed by atoms with van der Waals surface area (Å²) in [7, 11) is 0. The van der Waals surface area contributed by atoms with Crippen LogP contribution in [0.3, 0.4) is 0 Å². The van der Waals surface area contributed by atoms with Crippen molar-refractivity contribution in [1.29, 1.82) is 0 Å². The summed E-state index contributed by atoms with van der Waals surface area (Å²) >= 11 is 2.20. The summed E-state index contributed by atoms with van der Waals surface area (Å²) in [5.41, 5.74) is 1.71. The van der Waals surface area contributed by atoms with Crippen LogP contribution in [0.4, 0.5) is 5.69 Å². The lowest BCUT2D eigenvalue weighted by Crippen LogP contribution is -2.39. The molecule has 0 saturated carbocycles. The number of carbonyl (C=O) groups is 2. The van der Waals surface area contributed by atoms with Gasteiger partial charge >= 0.3 is 5.97 Å². The van der Waals surface area contributed by atoms with E-state index in [1.54, 1.807) is 0 Å². The SMILES string of the molecule is Cc1cc(I)ccc1NC(=O)CN[C@@H](C)C(=O)O. The molecular formula is C12H15IN2O3. The lowest BCUT2D eigenvalue weighted by Gasteiger charge is -2.11. The first-order valence-corrected chi connectivity index (χ1v) is 6.50. The Bertz CT molecular complexity index is 463. The number of carboxylic acid groups (broad SMARTS) is 1. The quantitative estimate of drug-likeness (QED) is 0.696. The molecule has 0 aliphatic rings. The summed E-state index contributed by atoms with van der Waals surface area (Å²) in [6.07, 6.45) is 0. The van der Waals surface area contributed by atoms with Crippen LogP contribution in [-0.2, 0) is 9.59 Å². The van der Waals surface area contributed by atoms with Crippen molar-refractivity contribution >= 4 is 40.2 Å². The van der Waals surface area contributed by atoms with E-state index in [0.717, 1.165) is 14.8 Å². The van der Waals surface area contributed by atoms with Gasteiger partial charge in [-0.3, -0.25) is 14.9 Å². The molecule has 18 heavy (non-hydrogen) atoms. The minimum absolute atomic E-state index is 0.0289. The number of halogens is 1. The number of carbonyl (C=O) groups excluding carboxylic acids is 1. The lowest BCUT2D eigenvalue weighted by molar-refractivity contribution is -0.139. The number of aliphatic carboxylic acids is 1. The van der Waals surface area contributed by atoms with Crippen LogP contribution in [0.5, 0.6) is 0 Å². The third-order valence-electron chi connectivity index (χ3n) is 2.40. The number of amides is 1. The average molecular weight is 362 g/mol. The number of hydrogen-bond donors (Lipinski definition) is 3. The normalized spacial score (nSPS) is 11.9. The van der Waals surface area contributed by atoms with Crippen LogP contribution in [0.15, 0.2) is 18.2 Å². The Balaban J connectivity index is 2.52. The fourth-order valence-corrected chi connectivity index (χ4v) is 1.94. The van der Waals surface area contributed by atoms with Crippen LogP contribution in [0.2, 0.25) is 0 Å². The zero-order valence-electron chi connectivity index (χ0n) is 10.2. The molecule has 0 aliphatic carbocycles. The minimum atomic E-state index is -0.978. The molecule has 1 amide bonds. The summed E-state index contributed by atoms with van der Waals surface area (Å²) in [6, 6.07) is 4.95. The van der Waals surface area contributed by atoms with Gasteiger partial charge in [-0.25, -0.2) is 0 Å². The highest BCUT2D eigenvalue weighted by atomic mass is 127. The Kier molecular flexibility index (Phi) is 5.54.